The third-order valence-electron chi connectivity index (χ3n) is 7.75. The zero-order chi connectivity index (χ0) is 36.3. The summed E-state index contributed by atoms with van der Waals surface area (Å²) in [4.78, 5) is 44.6. The van der Waals surface area contributed by atoms with Crippen LogP contribution in [-0.4, -0.2) is 62.5 Å². The van der Waals surface area contributed by atoms with Crippen LogP contribution in [0.2, 0.25) is 5.02 Å². The lowest BCUT2D eigenvalue weighted by Crippen LogP contribution is -2.27. The van der Waals surface area contributed by atoms with Gasteiger partial charge in [0.1, 0.15) is 6.07 Å². The second kappa shape index (κ2) is 14.3. The fourth-order valence-electron chi connectivity index (χ4n) is 5.27. The number of nitrogens with one attached hydrogen (secondary N) is 1. The average Bonchev–Trinajstić information content (AvgIpc) is 3.70. The number of carbonyl (C=O) groups is 2. The average molecular weight is 713 g/mol. The number of benzene rings is 1. The van der Waals surface area contributed by atoms with Gasteiger partial charge in [-0.3, -0.25) is 23.8 Å². The number of aromatic nitrogens is 8. The number of halogens is 5. The highest BCUT2D eigenvalue weighted by atomic mass is 35.5. The van der Waals surface area contributed by atoms with Crippen molar-refractivity contribution in [1.29, 1.82) is 5.26 Å². The second-order valence-corrected chi connectivity index (χ2v) is 11.5. The third-order valence-corrected chi connectivity index (χ3v) is 8.04. The number of fused-ring (bicyclic) bond motifs is 4. The van der Waals surface area contributed by atoms with Gasteiger partial charge in [0, 0.05) is 30.8 Å². The Bertz CT molecular complexity index is 2190. The van der Waals surface area contributed by atoms with Crippen LogP contribution >= 0.6 is 11.6 Å². The Morgan fingerprint density at radius 2 is 1.90 bits per heavy atom. The molecule has 0 saturated heterocycles. The van der Waals surface area contributed by atoms with Gasteiger partial charge in [0.05, 0.1) is 63.8 Å². The Morgan fingerprint density at radius 1 is 1.16 bits per heavy atom. The van der Waals surface area contributed by atoms with Crippen LogP contribution in [-0.2, 0) is 16.6 Å². The monoisotopic (exact) mass is 712 g/mol. The molecule has 0 aliphatic carbocycles. The number of nitriles is 1. The van der Waals surface area contributed by atoms with Gasteiger partial charge in [-0.1, -0.05) is 30.2 Å². The molecule has 6 rings (SSSR count). The maximum absolute atomic E-state index is 15.4. The molecule has 2 bridgehead atoms. The minimum atomic E-state index is -5.08. The second-order valence-electron chi connectivity index (χ2n) is 11.1. The van der Waals surface area contributed by atoms with Crippen molar-refractivity contribution in [3.05, 3.63) is 87.8 Å². The van der Waals surface area contributed by atoms with Gasteiger partial charge in [-0.2, -0.15) is 23.5 Å². The van der Waals surface area contributed by atoms with E-state index in [1.54, 1.807) is 24.1 Å². The van der Waals surface area contributed by atoms with Crippen LogP contribution < -0.4 is 10.9 Å². The van der Waals surface area contributed by atoms with Crippen molar-refractivity contribution < 1.29 is 32.3 Å². The molecule has 0 unspecified atom stereocenters. The van der Waals surface area contributed by atoms with Gasteiger partial charge in [0.25, 0.3) is 5.56 Å². The number of aliphatic carboxylic acids is 1. The summed E-state index contributed by atoms with van der Waals surface area (Å²) in [6.45, 7) is 1.86. The fraction of sp³-hybridized carbons (Fsp3) is 0.258. The Morgan fingerprint density at radius 3 is 2.56 bits per heavy atom. The number of carboxylic acids is 1. The molecular formula is C31H25ClF4N10O4. The number of pyridine rings is 1. The van der Waals surface area contributed by atoms with E-state index in [0.717, 1.165) is 5.56 Å². The van der Waals surface area contributed by atoms with Crippen molar-refractivity contribution in [2.45, 2.75) is 38.4 Å². The molecule has 258 valence electrons. The van der Waals surface area contributed by atoms with Gasteiger partial charge >= 0.3 is 12.1 Å². The Kier molecular flexibility index (Phi) is 10.1. The van der Waals surface area contributed by atoms with Crippen LogP contribution in [0.25, 0.3) is 28.2 Å². The van der Waals surface area contributed by atoms with E-state index in [0.29, 0.717) is 36.3 Å². The van der Waals surface area contributed by atoms with E-state index in [-0.39, 0.29) is 39.5 Å². The highest BCUT2D eigenvalue weighted by Gasteiger charge is 2.38. The molecule has 0 spiro atoms. The van der Waals surface area contributed by atoms with Gasteiger partial charge in [0.15, 0.2) is 11.5 Å². The third kappa shape index (κ3) is 7.37. The largest absolute Gasteiger partial charge is 0.490 e. The van der Waals surface area contributed by atoms with Gasteiger partial charge < -0.3 is 10.4 Å². The number of carboxylic acid groups (broad SMARTS) is 1. The van der Waals surface area contributed by atoms with Crippen molar-refractivity contribution in [1.82, 2.24) is 39.3 Å². The number of anilines is 1. The van der Waals surface area contributed by atoms with Crippen LogP contribution in [0.1, 0.15) is 43.6 Å². The zero-order valence-electron chi connectivity index (χ0n) is 26.1. The molecule has 0 saturated carbocycles. The predicted octanol–water partition coefficient (Wildman–Crippen LogP) is 4.93. The summed E-state index contributed by atoms with van der Waals surface area (Å²) in [6, 6.07) is 9.14. The predicted molar refractivity (Wildman–Crippen MR) is 168 cm³/mol. The number of hydrogen-bond acceptors (Lipinski definition) is 9. The molecular weight excluding hydrogens is 688 g/mol. The van der Waals surface area contributed by atoms with Gasteiger partial charge in [-0.25, -0.2) is 18.9 Å². The number of carbonyl (C=O) groups excluding carboxylic acids is 1. The molecule has 5 aromatic rings. The van der Waals surface area contributed by atoms with Gasteiger partial charge in [-0.15, -0.1) is 5.10 Å². The van der Waals surface area contributed by atoms with E-state index in [2.05, 4.69) is 30.7 Å². The molecule has 1 aromatic carbocycles. The molecule has 2 atom stereocenters. The summed E-state index contributed by atoms with van der Waals surface area (Å²) in [5.74, 6) is -3.94. The van der Waals surface area contributed by atoms with Crippen molar-refractivity contribution in [2.75, 3.05) is 5.32 Å². The summed E-state index contributed by atoms with van der Waals surface area (Å²) in [6.07, 6.45) is 2.59. The number of amides is 1. The summed E-state index contributed by atoms with van der Waals surface area (Å²) in [5, 5.41) is 31.1. The lowest BCUT2D eigenvalue weighted by molar-refractivity contribution is -0.192. The van der Waals surface area contributed by atoms with Crippen molar-refractivity contribution in [3.8, 4) is 34.3 Å². The molecule has 1 aliphatic heterocycles. The number of nitrogens with zero attached hydrogens (tertiary/aromatic N) is 9. The topological polar surface area (TPSA) is 186 Å². The van der Waals surface area contributed by atoms with Crippen LogP contribution in [0.3, 0.4) is 0 Å². The molecule has 0 fully saturated rings. The van der Waals surface area contributed by atoms with E-state index in [4.69, 9.17) is 26.8 Å². The number of aryl methyl sites for hydroxylation is 1. The Hall–Kier alpha value is -5.96. The van der Waals surface area contributed by atoms with Crippen molar-refractivity contribution >= 4 is 29.2 Å². The summed E-state index contributed by atoms with van der Waals surface area (Å²) in [5.41, 5.74) is 2.47. The first kappa shape index (κ1) is 35.3. The molecule has 19 heteroatoms. The standard InChI is InChI=1S/C29H24ClFN10O2.C2HF3O2/c1-16-4-3-5-23(20-10-17(8-9-33-20)28-22(36-29(16)43)13-35-39(28)2)40-15-34-21(11-25(40)42)26-24(7-6-19(30)27(26)31)41-14-18(12-32)37-38-41;3-2(4,5)1(6)7/h6-11,13-16,23H,3-5H2,1-2H3,(H,36,43);(H,6,7)/t16-,23+;/m1./s1. The van der Waals surface area contributed by atoms with E-state index >= 15 is 4.39 Å². The molecule has 50 heavy (non-hydrogen) atoms. The maximum Gasteiger partial charge on any atom is 0.490 e. The summed E-state index contributed by atoms with van der Waals surface area (Å²) >= 11 is 6.11. The quantitative estimate of drug-likeness (QED) is 0.243. The van der Waals surface area contributed by atoms with Crippen molar-refractivity contribution in [3.63, 3.8) is 0 Å². The lowest BCUT2D eigenvalue weighted by atomic mass is 9.97. The van der Waals surface area contributed by atoms with Crippen LogP contribution in [0.5, 0.6) is 0 Å². The highest BCUT2D eigenvalue weighted by molar-refractivity contribution is 6.31. The van der Waals surface area contributed by atoms with Gasteiger partial charge in [-0.05, 0) is 37.1 Å². The van der Waals surface area contributed by atoms with E-state index in [1.165, 1.54) is 40.0 Å². The zero-order valence-corrected chi connectivity index (χ0v) is 26.8. The van der Waals surface area contributed by atoms with Crippen LogP contribution in [0.15, 0.2) is 60.0 Å². The van der Waals surface area contributed by atoms with Crippen LogP contribution in [0.4, 0.5) is 23.2 Å². The Balaban J connectivity index is 0.000000630. The molecule has 2 N–H and O–H groups in total. The molecule has 1 amide bonds. The first-order chi connectivity index (χ1) is 23.7. The molecule has 4 aromatic heterocycles. The molecule has 14 nitrogen and oxygen atoms in total. The van der Waals surface area contributed by atoms with Crippen molar-refractivity contribution in [2.24, 2.45) is 13.0 Å². The first-order valence-electron chi connectivity index (χ1n) is 14.7. The maximum atomic E-state index is 15.4. The van der Waals surface area contributed by atoms with Gasteiger partial charge in [0.2, 0.25) is 5.91 Å². The first-order valence-corrected chi connectivity index (χ1v) is 15.1. The summed E-state index contributed by atoms with van der Waals surface area (Å²) in [7, 11) is 1.79. The molecule has 5 heterocycles. The van der Waals surface area contributed by atoms with E-state index < -0.39 is 29.6 Å². The normalized spacial score (nSPS) is 16.1. The number of rotatable bonds is 3. The minimum absolute atomic E-state index is 0.0324. The highest BCUT2D eigenvalue weighted by Crippen LogP contribution is 2.34. The summed E-state index contributed by atoms with van der Waals surface area (Å²) < 4.78 is 51.5. The lowest BCUT2D eigenvalue weighted by Gasteiger charge is -2.22. The molecule has 0 radical (unpaired) electrons. The smallest absolute Gasteiger partial charge is 0.475 e. The molecule has 1 aliphatic rings. The van der Waals surface area contributed by atoms with E-state index in [1.807, 2.05) is 25.1 Å². The minimum Gasteiger partial charge on any atom is -0.475 e. The fourth-order valence-corrected chi connectivity index (χ4v) is 5.43. The SMILES string of the molecule is C[C@@H]1CCC[C@H](n2cnc(-c3c(-n4cc(C#N)nn4)ccc(Cl)c3F)cc2=O)c2cc(ccn2)-c2c(cnn2C)NC1=O.O=C(O)C(F)(F)F. The van der Waals surface area contributed by atoms with Crippen LogP contribution in [0, 0.1) is 23.1 Å². The number of hydrogen-bond donors (Lipinski definition) is 2. The van der Waals surface area contributed by atoms with E-state index in [9.17, 15) is 22.8 Å². The number of alkyl halides is 3. The Labute approximate surface area is 284 Å².